The molecule has 3 heteroatoms. The average molecular weight is 298 g/mol. The minimum atomic E-state index is 0.454. The minimum absolute atomic E-state index is 0.454. The molecule has 17 heavy (non-hydrogen) atoms. The van der Waals surface area contributed by atoms with Gasteiger partial charge < -0.3 is 10.1 Å². The molecule has 0 bridgehead atoms. The van der Waals surface area contributed by atoms with Crippen molar-refractivity contribution in [3.63, 3.8) is 0 Å². The van der Waals surface area contributed by atoms with E-state index in [0.717, 1.165) is 23.7 Å². The molecule has 2 nitrogen and oxygen atoms in total. The molecule has 0 aromatic heterocycles. The smallest absolute Gasteiger partial charge is 0.0601 e. The van der Waals surface area contributed by atoms with Crippen LogP contribution in [0, 0.1) is 0 Å². The van der Waals surface area contributed by atoms with Gasteiger partial charge >= 0.3 is 0 Å². The van der Waals surface area contributed by atoms with Crippen molar-refractivity contribution < 1.29 is 4.74 Å². The topological polar surface area (TPSA) is 21.3 Å². The van der Waals surface area contributed by atoms with E-state index in [1.807, 2.05) is 0 Å². The molecule has 0 amide bonds. The van der Waals surface area contributed by atoms with Gasteiger partial charge in [-0.25, -0.2) is 0 Å². The monoisotopic (exact) mass is 297 g/mol. The van der Waals surface area contributed by atoms with Gasteiger partial charge in [0, 0.05) is 23.7 Å². The molecule has 1 aromatic carbocycles. The molecule has 0 saturated heterocycles. The first-order valence-electron chi connectivity index (χ1n) is 6.27. The Morgan fingerprint density at radius 2 is 2.24 bits per heavy atom. The van der Waals surface area contributed by atoms with E-state index in [0.29, 0.717) is 18.2 Å². The van der Waals surface area contributed by atoms with Crippen LogP contribution in [0.1, 0.15) is 37.8 Å². The van der Waals surface area contributed by atoms with Crippen LogP contribution >= 0.6 is 15.9 Å². The van der Waals surface area contributed by atoms with E-state index in [4.69, 9.17) is 4.74 Å². The highest BCUT2D eigenvalue weighted by molar-refractivity contribution is 9.10. The third-order valence-electron chi connectivity index (χ3n) is 3.52. The zero-order chi connectivity index (χ0) is 12.3. The number of nitrogens with one attached hydrogen (secondary N) is 1. The van der Waals surface area contributed by atoms with E-state index in [1.165, 1.54) is 5.56 Å². The largest absolute Gasteiger partial charge is 0.381 e. The number of hydrogen-bond donors (Lipinski definition) is 1. The summed E-state index contributed by atoms with van der Waals surface area (Å²) in [5, 5.41) is 3.71. The van der Waals surface area contributed by atoms with E-state index >= 15 is 0 Å². The van der Waals surface area contributed by atoms with Crippen molar-refractivity contribution in [1.29, 1.82) is 0 Å². The fourth-order valence-corrected chi connectivity index (χ4v) is 2.77. The summed E-state index contributed by atoms with van der Waals surface area (Å²) in [6, 6.07) is 9.63. The van der Waals surface area contributed by atoms with Crippen LogP contribution in [0.15, 0.2) is 28.7 Å². The summed E-state index contributed by atoms with van der Waals surface area (Å²) >= 11 is 3.53. The summed E-state index contributed by atoms with van der Waals surface area (Å²) in [7, 11) is 1.80. The van der Waals surface area contributed by atoms with Crippen LogP contribution in [0.3, 0.4) is 0 Å². The van der Waals surface area contributed by atoms with Gasteiger partial charge in [-0.1, -0.05) is 35.0 Å². The molecule has 94 valence electrons. The maximum Gasteiger partial charge on any atom is 0.0601 e. The Bertz CT molecular complexity index is 363. The van der Waals surface area contributed by atoms with Gasteiger partial charge in [0.1, 0.15) is 0 Å². The van der Waals surface area contributed by atoms with Crippen molar-refractivity contribution in [2.45, 2.75) is 44.4 Å². The lowest BCUT2D eigenvalue weighted by atomic mass is 9.87. The first-order chi connectivity index (χ1) is 8.22. The number of methoxy groups -OCH3 is 1. The van der Waals surface area contributed by atoms with Crippen LogP contribution in [0.2, 0.25) is 0 Å². The minimum Gasteiger partial charge on any atom is -0.381 e. The summed E-state index contributed by atoms with van der Waals surface area (Å²) < 4.78 is 6.46. The molecule has 1 aliphatic carbocycles. The number of halogens is 1. The first-order valence-corrected chi connectivity index (χ1v) is 7.06. The first kappa shape index (κ1) is 13.1. The molecular formula is C14H20BrNO. The molecular weight excluding hydrogens is 278 g/mol. The second-order valence-electron chi connectivity index (χ2n) is 4.71. The molecule has 0 heterocycles. The average Bonchev–Trinajstić information content (AvgIpc) is 2.28. The van der Waals surface area contributed by atoms with E-state index in [2.05, 4.69) is 52.4 Å². The zero-order valence-corrected chi connectivity index (χ0v) is 12.0. The van der Waals surface area contributed by atoms with Gasteiger partial charge in [-0.3, -0.25) is 0 Å². The molecule has 1 aliphatic rings. The second kappa shape index (κ2) is 5.98. The third-order valence-corrected chi connectivity index (χ3v) is 4.02. The van der Waals surface area contributed by atoms with E-state index in [-0.39, 0.29) is 0 Å². The maximum atomic E-state index is 5.31. The number of benzene rings is 1. The van der Waals surface area contributed by atoms with Gasteiger partial charge in [0.2, 0.25) is 0 Å². The lowest BCUT2D eigenvalue weighted by molar-refractivity contribution is 0.0139. The molecule has 1 saturated carbocycles. The summed E-state index contributed by atoms with van der Waals surface area (Å²) in [6.07, 6.45) is 3.86. The van der Waals surface area contributed by atoms with Crippen molar-refractivity contribution in [2.75, 3.05) is 7.11 Å². The van der Waals surface area contributed by atoms with Gasteiger partial charge in [0.25, 0.3) is 0 Å². The Balaban J connectivity index is 1.93. The van der Waals surface area contributed by atoms with E-state index in [9.17, 15) is 0 Å². The standard InChI is InChI=1S/C14H20BrNO/c1-3-14(10-5-4-6-11(15)7-10)16-12-8-13(9-12)17-2/h4-7,12-14,16H,3,8-9H2,1-2H3. The summed E-state index contributed by atoms with van der Waals surface area (Å²) in [6.45, 7) is 2.23. The van der Waals surface area contributed by atoms with Crippen molar-refractivity contribution in [2.24, 2.45) is 0 Å². The van der Waals surface area contributed by atoms with Crippen LogP contribution in [-0.4, -0.2) is 19.3 Å². The van der Waals surface area contributed by atoms with Crippen molar-refractivity contribution >= 4 is 15.9 Å². The van der Waals surface area contributed by atoms with Gasteiger partial charge in [-0.15, -0.1) is 0 Å². The second-order valence-corrected chi connectivity index (χ2v) is 5.62. The van der Waals surface area contributed by atoms with E-state index in [1.54, 1.807) is 7.11 Å². The van der Waals surface area contributed by atoms with Crippen LogP contribution in [0.5, 0.6) is 0 Å². The van der Waals surface area contributed by atoms with Crippen molar-refractivity contribution in [3.05, 3.63) is 34.3 Å². The molecule has 2 rings (SSSR count). The summed E-state index contributed by atoms with van der Waals surface area (Å²) in [5.41, 5.74) is 1.36. The predicted octanol–water partition coefficient (Wildman–Crippen LogP) is 3.67. The van der Waals surface area contributed by atoms with E-state index < -0.39 is 0 Å². The molecule has 1 atom stereocenters. The molecule has 1 aromatic rings. The normalized spacial score (nSPS) is 25.4. The number of ether oxygens (including phenoxy) is 1. The Kier molecular flexibility index (Phi) is 4.60. The lowest BCUT2D eigenvalue weighted by Gasteiger charge is -2.37. The van der Waals surface area contributed by atoms with Crippen LogP contribution in [0.4, 0.5) is 0 Å². The van der Waals surface area contributed by atoms with Crippen molar-refractivity contribution in [1.82, 2.24) is 5.32 Å². The molecule has 0 radical (unpaired) electrons. The molecule has 0 spiro atoms. The molecule has 1 unspecified atom stereocenters. The van der Waals surface area contributed by atoms with Crippen molar-refractivity contribution in [3.8, 4) is 0 Å². The maximum absolute atomic E-state index is 5.31. The van der Waals surface area contributed by atoms with Gasteiger partial charge in [0.15, 0.2) is 0 Å². The van der Waals surface area contributed by atoms with Crippen LogP contribution in [0.25, 0.3) is 0 Å². The highest BCUT2D eigenvalue weighted by Gasteiger charge is 2.30. The Hall–Kier alpha value is -0.380. The summed E-state index contributed by atoms with van der Waals surface area (Å²) in [5.74, 6) is 0. The molecule has 0 aliphatic heterocycles. The van der Waals surface area contributed by atoms with Gasteiger partial charge in [-0.05, 0) is 37.0 Å². The lowest BCUT2D eigenvalue weighted by Crippen LogP contribution is -2.46. The Morgan fingerprint density at radius 3 is 2.82 bits per heavy atom. The third kappa shape index (κ3) is 3.30. The number of rotatable bonds is 5. The zero-order valence-electron chi connectivity index (χ0n) is 10.4. The predicted molar refractivity (Wildman–Crippen MR) is 74.1 cm³/mol. The highest BCUT2D eigenvalue weighted by atomic mass is 79.9. The van der Waals surface area contributed by atoms with Gasteiger partial charge in [-0.2, -0.15) is 0 Å². The fourth-order valence-electron chi connectivity index (χ4n) is 2.35. The van der Waals surface area contributed by atoms with Crippen LogP contribution < -0.4 is 5.32 Å². The number of hydrogen-bond acceptors (Lipinski definition) is 2. The molecule has 1 N–H and O–H groups in total. The fraction of sp³-hybridized carbons (Fsp3) is 0.571. The van der Waals surface area contributed by atoms with Crippen LogP contribution in [-0.2, 0) is 4.74 Å². The highest BCUT2D eigenvalue weighted by Crippen LogP contribution is 2.27. The summed E-state index contributed by atoms with van der Waals surface area (Å²) in [4.78, 5) is 0. The SMILES string of the molecule is CCC(NC1CC(OC)C1)c1cccc(Br)c1. The Labute approximate surface area is 112 Å². The quantitative estimate of drug-likeness (QED) is 0.895. The molecule has 1 fully saturated rings. The van der Waals surface area contributed by atoms with Gasteiger partial charge in [0.05, 0.1) is 6.10 Å². The Morgan fingerprint density at radius 1 is 1.47 bits per heavy atom.